The van der Waals surface area contributed by atoms with Crippen molar-refractivity contribution in [3.8, 4) is 0 Å². The fourth-order valence-electron chi connectivity index (χ4n) is 3.46. The van der Waals surface area contributed by atoms with Gasteiger partial charge in [0, 0.05) is 32.4 Å². The number of H-pyrrole nitrogens is 1. The number of sulfonamides is 1. The molecule has 0 saturated carbocycles. The quantitative estimate of drug-likeness (QED) is 0.889. The lowest BCUT2D eigenvalue weighted by Gasteiger charge is -2.41. The van der Waals surface area contributed by atoms with Crippen molar-refractivity contribution in [3.63, 3.8) is 0 Å². The highest BCUT2D eigenvalue weighted by molar-refractivity contribution is 7.89. The van der Waals surface area contributed by atoms with Crippen molar-refractivity contribution in [1.82, 2.24) is 19.3 Å². The van der Waals surface area contributed by atoms with E-state index in [0.29, 0.717) is 25.4 Å². The van der Waals surface area contributed by atoms with Crippen LogP contribution in [-0.2, 0) is 10.0 Å². The van der Waals surface area contributed by atoms with Crippen LogP contribution >= 0.6 is 0 Å². The summed E-state index contributed by atoms with van der Waals surface area (Å²) < 4.78 is 26.5. The molecular weight excluding hydrogens is 326 g/mol. The Hall–Kier alpha value is -1.67. The Morgan fingerprint density at radius 1 is 1.42 bits per heavy atom. The molecule has 0 bridgehead atoms. The number of nitrogens with zero attached hydrogens (tertiary/aromatic N) is 4. The van der Waals surface area contributed by atoms with Gasteiger partial charge < -0.3 is 9.88 Å². The van der Waals surface area contributed by atoms with Crippen molar-refractivity contribution in [3.05, 3.63) is 18.6 Å². The van der Waals surface area contributed by atoms with Gasteiger partial charge in [0.05, 0.1) is 11.1 Å². The lowest BCUT2D eigenvalue weighted by Crippen LogP contribution is -2.53. The average Bonchev–Trinajstić information content (AvgIpc) is 3.03. The number of piperidine rings is 1. The second-order valence-corrected chi connectivity index (χ2v) is 8.64. The predicted octanol–water partition coefficient (Wildman–Crippen LogP) is 1.84. The molecule has 7 nitrogen and oxygen atoms in total. The Morgan fingerprint density at radius 2 is 2.21 bits per heavy atom. The summed E-state index contributed by atoms with van der Waals surface area (Å²) in [6.45, 7) is 5.20. The molecule has 3 rings (SSSR count). The lowest BCUT2D eigenvalue weighted by molar-refractivity contribution is 0.247. The van der Waals surface area contributed by atoms with Crippen molar-refractivity contribution < 1.29 is 8.42 Å². The van der Waals surface area contributed by atoms with Gasteiger partial charge in [-0.1, -0.05) is 13.8 Å². The molecule has 1 N–H and O–H groups in total. The monoisotopic (exact) mass is 351 g/mol. The summed E-state index contributed by atoms with van der Waals surface area (Å²) >= 11 is 0. The topological polar surface area (TPSA) is 82.2 Å². The molecule has 0 aliphatic carbocycles. The van der Waals surface area contributed by atoms with Crippen LogP contribution in [0, 0.1) is 5.92 Å². The highest BCUT2D eigenvalue weighted by Crippen LogP contribution is 2.29. The van der Waals surface area contributed by atoms with E-state index in [1.165, 1.54) is 0 Å². The molecule has 0 aromatic carbocycles. The van der Waals surface area contributed by atoms with Crippen molar-refractivity contribution in [2.45, 2.75) is 32.7 Å². The van der Waals surface area contributed by atoms with Crippen molar-refractivity contribution in [2.75, 3.05) is 30.8 Å². The van der Waals surface area contributed by atoms with Gasteiger partial charge in [0.2, 0.25) is 10.0 Å². The first kappa shape index (κ1) is 17.2. The Morgan fingerprint density at radius 3 is 2.96 bits per heavy atom. The molecule has 2 aromatic heterocycles. The van der Waals surface area contributed by atoms with Crippen LogP contribution in [0.3, 0.4) is 0 Å². The van der Waals surface area contributed by atoms with Gasteiger partial charge >= 0.3 is 0 Å². The minimum Gasteiger partial charge on any atom is -0.354 e. The molecule has 1 saturated heterocycles. The van der Waals surface area contributed by atoms with Gasteiger partial charge in [-0.3, -0.25) is 0 Å². The Kier molecular flexibility index (Phi) is 4.78. The summed E-state index contributed by atoms with van der Waals surface area (Å²) in [7, 11) is -1.18. The van der Waals surface area contributed by atoms with Crippen LogP contribution in [-0.4, -0.2) is 59.6 Å². The number of aromatic nitrogens is 3. The van der Waals surface area contributed by atoms with Gasteiger partial charge in [-0.05, 0) is 24.8 Å². The average molecular weight is 351 g/mol. The minimum absolute atomic E-state index is 0.0957. The first-order valence-electron chi connectivity index (χ1n) is 8.42. The molecule has 1 aliphatic heterocycles. The number of fused-ring (bicyclic) bond motifs is 1. The predicted molar refractivity (Wildman–Crippen MR) is 95.5 cm³/mol. The summed E-state index contributed by atoms with van der Waals surface area (Å²) in [6, 6.07) is 2.05. The van der Waals surface area contributed by atoms with Gasteiger partial charge in [-0.15, -0.1) is 0 Å². The SMILES string of the molecule is CCCS(=O)(=O)N1CC[C@@H](C)[C@@H](N(C)c2ncnc3[nH]ccc23)C1. The molecule has 0 unspecified atom stereocenters. The van der Waals surface area contributed by atoms with Gasteiger partial charge in [0.15, 0.2) is 0 Å². The summed E-state index contributed by atoms with van der Waals surface area (Å²) in [6.07, 6.45) is 4.90. The molecule has 1 fully saturated rings. The molecule has 0 amide bonds. The van der Waals surface area contributed by atoms with Crippen LogP contribution in [0.15, 0.2) is 18.6 Å². The zero-order valence-corrected chi connectivity index (χ0v) is 15.3. The van der Waals surface area contributed by atoms with Crippen LogP contribution < -0.4 is 4.90 Å². The Balaban J connectivity index is 1.88. The third-order valence-corrected chi connectivity index (χ3v) is 6.94. The summed E-state index contributed by atoms with van der Waals surface area (Å²) in [5.41, 5.74) is 0.797. The van der Waals surface area contributed by atoms with E-state index in [1.807, 2.05) is 26.2 Å². The van der Waals surface area contributed by atoms with E-state index in [0.717, 1.165) is 23.3 Å². The van der Waals surface area contributed by atoms with Gasteiger partial charge in [0.1, 0.15) is 17.8 Å². The van der Waals surface area contributed by atoms with E-state index in [4.69, 9.17) is 0 Å². The largest absolute Gasteiger partial charge is 0.354 e. The molecule has 1 aliphatic rings. The molecule has 0 radical (unpaired) electrons. The second-order valence-electron chi connectivity index (χ2n) is 6.56. The van der Waals surface area contributed by atoms with Crippen LogP contribution in [0.25, 0.3) is 11.0 Å². The van der Waals surface area contributed by atoms with E-state index in [1.54, 1.807) is 10.6 Å². The number of nitrogens with one attached hydrogen (secondary N) is 1. The molecule has 3 heterocycles. The van der Waals surface area contributed by atoms with Crippen molar-refractivity contribution in [2.24, 2.45) is 5.92 Å². The van der Waals surface area contributed by atoms with Gasteiger partial charge in [-0.25, -0.2) is 18.4 Å². The van der Waals surface area contributed by atoms with Crippen LogP contribution in [0.4, 0.5) is 5.82 Å². The zero-order chi connectivity index (χ0) is 17.3. The number of anilines is 1. The fourth-order valence-corrected chi connectivity index (χ4v) is 5.00. The smallest absolute Gasteiger partial charge is 0.214 e. The maximum absolute atomic E-state index is 12.4. The molecule has 2 atom stereocenters. The van der Waals surface area contributed by atoms with Crippen molar-refractivity contribution in [1.29, 1.82) is 0 Å². The highest BCUT2D eigenvalue weighted by Gasteiger charge is 2.35. The van der Waals surface area contributed by atoms with Gasteiger partial charge in [0.25, 0.3) is 0 Å². The maximum atomic E-state index is 12.4. The maximum Gasteiger partial charge on any atom is 0.214 e. The number of likely N-dealkylation sites (N-methyl/N-ethyl adjacent to an activating group) is 1. The van der Waals surface area contributed by atoms with E-state index in [9.17, 15) is 8.42 Å². The summed E-state index contributed by atoms with van der Waals surface area (Å²) in [5.74, 6) is 1.45. The normalized spacial score (nSPS) is 22.8. The van der Waals surface area contributed by atoms with E-state index >= 15 is 0 Å². The van der Waals surface area contributed by atoms with Crippen molar-refractivity contribution >= 4 is 26.9 Å². The third-order valence-electron chi connectivity index (χ3n) is 4.90. The third kappa shape index (κ3) is 3.12. The second kappa shape index (κ2) is 6.68. The number of rotatable bonds is 5. The molecular formula is C16H25N5O2S. The van der Waals surface area contributed by atoms with E-state index < -0.39 is 10.0 Å². The molecule has 0 spiro atoms. The molecule has 8 heteroatoms. The molecule has 132 valence electrons. The van der Waals surface area contributed by atoms with Gasteiger partial charge in [-0.2, -0.15) is 4.31 Å². The minimum atomic E-state index is -3.17. The Labute approximate surface area is 143 Å². The first-order chi connectivity index (χ1) is 11.4. The molecule has 24 heavy (non-hydrogen) atoms. The number of aromatic amines is 1. The molecule has 2 aromatic rings. The number of hydrogen-bond donors (Lipinski definition) is 1. The van der Waals surface area contributed by atoms with Crippen LogP contribution in [0.1, 0.15) is 26.7 Å². The van der Waals surface area contributed by atoms with E-state index in [-0.39, 0.29) is 11.8 Å². The Bertz CT molecular complexity index is 804. The van der Waals surface area contributed by atoms with Crippen LogP contribution in [0.5, 0.6) is 0 Å². The number of hydrogen-bond acceptors (Lipinski definition) is 5. The fraction of sp³-hybridized carbons (Fsp3) is 0.625. The summed E-state index contributed by atoms with van der Waals surface area (Å²) in [4.78, 5) is 13.9. The zero-order valence-electron chi connectivity index (χ0n) is 14.4. The van der Waals surface area contributed by atoms with E-state index in [2.05, 4.69) is 26.8 Å². The first-order valence-corrected chi connectivity index (χ1v) is 10.0. The van der Waals surface area contributed by atoms with Crippen LogP contribution in [0.2, 0.25) is 0 Å². The summed E-state index contributed by atoms with van der Waals surface area (Å²) in [5, 5.41) is 0.959. The lowest BCUT2D eigenvalue weighted by atomic mass is 9.93. The standard InChI is InChI=1S/C16H25N5O2S/c1-4-9-24(22,23)21-8-6-12(2)14(10-21)20(3)16-13-5-7-17-15(13)18-11-19-16/h5,7,11-12,14H,4,6,8-10H2,1-3H3,(H,17,18,19)/t12-,14+/m1/s1. The highest BCUT2D eigenvalue weighted by atomic mass is 32.2.